The van der Waals surface area contributed by atoms with Crippen molar-refractivity contribution in [2.75, 3.05) is 31.1 Å². The normalized spacial score (nSPS) is 16.2. The monoisotopic (exact) mass is 318 g/mol. The largest absolute Gasteiger partial charge is 0.354 e. The SMILES string of the molecule is Cc1nc(C)c(C(C)C)c(N2CCCN(C(=O)C(C)C)CC2)n1. The summed E-state index contributed by atoms with van der Waals surface area (Å²) in [5.41, 5.74) is 2.31. The molecule has 128 valence electrons. The minimum atomic E-state index is 0.0660. The van der Waals surface area contributed by atoms with Crippen LogP contribution >= 0.6 is 0 Å². The summed E-state index contributed by atoms with van der Waals surface area (Å²) in [4.78, 5) is 25.9. The molecule has 0 saturated carbocycles. The van der Waals surface area contributed by atoms with Crippen molar-refractivity contribution in [3.63, 3.8) is 0 Å². The van der Waals surface area contributed by atoms with Crippen molar-refractivity contribution in [3.8, 4) is 0 Å². The van der Waals surface area contributed by atoms with Gasteiger partial charge in [-0.3, -0.25) is 4.79 Å². The molecule has 1 aliphatic heterocycles. The molecule has 1 amide bonds. The van der Waals surface area contributed by atoms with Crippen LogP contribution in [-0.4, -0.2) is 47.0 Å². The Morgan fingerprint density at radius 2 is 1.70 bits per heavy atom. The number of anilines is 1. The van der Waals surface area contributed by atoms with E-state index in [4.69, 9.17) is 4.98 Å². The zero-order valence-electron chi connectivity index (χ0n) is 15.4. The van der Waals surface area contributed by atoms with Crippen molar-refractivity contribution in [1.29, 1.82) is 0 Å². The van der Waals surface area contributed by atoms with Crippen molar-refractivity contribution < 1.29 is 4.79 Å². The first kappa shape index (κ1) is 17.7. The zero-order chi connectivity index (χ0) is 17.1. The van der Waals surface area contributed by atoms with Gasteiger partial charge in [0, 0.05) is 43.4 Å². The summed E-state index contributed by atoms with van der Waals surface area (Å²) in [6.07, 6.45) is 0.984. The summed E-state index contributed by atoms with van der Waals surface area (Å²) >= 11 is 0. The van der Waals surface area contributed by atoms with Crippen LogP contribution in [0.25, 0.3) is 0 Å². The van der Waals surface area contributed by atoms with E-state index in [-0.39, 0.29) is 11.8 Å². The van der Waals surface area contributed by atoms with E-state index in [1.54, 1.807) is 0 Å². The number of nitrogens with zero attached hydrogens (tertiary/aromatic N) is 4. The maximum atomic E-state index is 12.3. The quantitative estimate of drug-likeness (QED) is 0.860. The van der Waals surface area contributed by atoms with Gasteiger partial charge in [-0.05, 0) is 26.2 Å². The van der Waals surface area contributed by atoms with E-state index in [2.05, 4.69) is 30.7 Å². The lowest BCUT2D eigenvalue weighted by atomic mass is 10.0. The number of carbonyl (C=O) groups is 1. The van der Waals surface area contributed by atoms with Crippen LogP contribution in [0, 0.1) is 19.8 Å². The van der Waals surface area contributed by atoms with Gasteiger partial charge in [0.15, 0.2) is 0 Å². The third kappa shape index (κ3) is 4.01. The lowest BCUT2D eigenvalue weighted by molar-refractivity contribution is -0.134. The second-order valence-corrected chi connectivity index (χ2v) is 7.07. The summed E-state index contributed by atoms with van der Waals surface area (Å²) in [5.74, 6) is 2.59. The van der Waals surface area contributed by atoms with Crippen LogP contribution in [0.5, 0.6) is 0 Å². The van der Waals surface area contributed by atoms with Crippen LogP contribution in [0.1, 0.15) is 57.1 Å². The molecule has 1 saturated heterocycles. The van der Waals surface area contributed by atoms with Gasteiger partial charge in [-0.2, -0.15) is 0 Å². The number of hydrogen-bond acceptors (Lipinski definition) is 4. The van der Waals surface area contributed by atoms with Crippen molar-refractivity contribution >= 4 is 11.7 Å². The van der Waals surface area contributed by atoms with Gasteiger partial charge in [0.2, 0.25) is 5.91 Å². The minimum Gasteiger partial charge on any atom is -0.354 e. The molecule has 0 bridgehead atoms. The van der Waals surface area contributed by atoms with E-state index in [1.165, 1.54) is 5.56 Å². The molecule has 23 heavy (non-hydrogen) atoms. The Labute approximate surface area is 140 Å². The lowest BCUT2D eigenvalue weighted by Gasteiger charge is -2.27. The van der Waals surface area contributed by atoms with Gasteiger partial charge in [0.25, 0.3) is 0 Å². The van der Waals surface area contributed by atoms with Gasteiger partial charge in [0.1, 0.15) is 11.6 Å². The Morgan fingerprint density at radius 3 is 2.30 bits per heavy atom. The standard InChI is InChI=1S/C18H30N4O/c1-12(2)16-14(5)19-15(6)20-17(16)21-8-7-9-22(11-10-21)18(23)13(3)4/h12-13H,7-11H2,1-6H3. The molecule has 1 aliphatic rings. The average Bonchev–Trinajstić information content (AvgIpc) is 2.70. The Bertz CT molecular complexity index is 568. The maximum Gasteiger partial charge on any atom is 0.225 e. The molecular weight excluding hydrogens is 288 g/mol. The third-order valence-corrected chi connectivity index (χ3v) is 4.41. The van der Waals surface area contributed by atoms with E-state index in [9.17, 15) is 4.79 Å². The predicted molar refractivity (Wildman–Crippen MR) is 93.8 cm³/mol. The Morgan fingerprint density at radius 1 is 1.00 bits per heavy atom. The van der Waals surface area contributed by atoms with E-state index in [0.717, 1.165) is 49.9 Å². The topological polar surface area (TPSA) is 49.3 Å². The predicted octanol–water partition coefficient (Wildman–Crippen LogP) is 2.91. The molecule has 5 nitrogen and oxygen atoms in total. The van der Waals surface area contributed by atoms with Crippen molar-refractivity contribution in [1.82, 2.24) is 14.9 Å². The maximum absolute atomic E-state index is 12.3. The first-order valence-corrected chi connectivity index (χ1v) is 8.70. The van der Waals surface area contributed by atoms with Crippen molar-refractivity contribution in [2.24, 2.45) is 5.92 Å². The van der Waals surface area contributed by atoms with Crippen molar-refractivity contribution in [3.05, 3.63) is 17.1 Å². The van der Waals surface area contributed by atoms with E-state index >= 15 is 0 Å². The van der Waals surface area contributed by atoms with Gasteiger partial charge >= 0.3 is 0 Å². The van der Waals surface area contributed by atoms with Crippen LogP contribution in [0.15, 0.2) is 0 Å². The third-order valence-electron chi connectivity index (χ3n) is 4.41. The highest BCUT2D eigenvalue weighted by atomic mass is 16.2. The zero-order valence-corrected chi connectivity index (χ0v) is 15.4. The van der Waals surface area contributed by atoms with Crippen LogP contribution in [0.2, 0.25) is 0 Å². The molecule has 5 heteroatoms. The summed E-state index contributed by atoms with van der Waals surface area (Å²) in [5, 5.41) is 0. The molecule has 1 fully saturated rings. The molecule has 1 aromatic rings. The van der Waals surface area contributed by atoms with Crippen LogP contribution in [0.3, 0.4) is 0 Å². The lowest BCUT2D eigenvalue weighted by Crippen LogP contribution is -2.38. The molecule has 0 aromatic carbocycles. The van der Waals surface area contributed by atoms with Gasteiger partial charge in [-0.25, -0.2) is 9.97 Å². The second-order valence-electron chi connectivity index (χ2n) is 7.07. The second kappa shape index (κ2) is 7.28. The van der Waals surface area contributed by atoms with Gasteiger partial charge in [-0.1, -0.05) is 27.7 Å². The summed E-state index contributed by atoms with van der Waals surface area (Å²) in [6, 6.07) is 0. The molecule has 0 spiro atoms. The molecule has 0 aliphatic carbocycles. The molecule has 0 atom stereocenters. The van der Waals surface area contributed by atoms with Gasteiger partial charge < -0.3 is 9.80 Å². The smallest absolute Gasteiger partial charge is 0.225 e. The number of amides is 1. The summed E-state index contributed by atoms with van der Waals surface area (Å²) in [6.45, 7) is 15.7. The molecule has 1 aromatic heterocycles. The first-order chi connectivity index (χ1) is 10.8. The molecular formula is C18H30N4O. The molecule has 0 N–H and O–H groups in total. The first-order valence-electron chi connectivity index (χ1n) is 8.70. The Kier molecular flexibility index (Phi) is 5.60. The van der Waals surface area contributed by atoms with E-state index < -0.39 is 0 Å². The van der Waals surface area contributed by atoms with Gasteiger partial charge in [0.05, 0.1) is 0 Å². The number of aryl methyl sites for hydroxylation is 2. The fraction of sp³-hybridized carbons (Fsp3) is 0.722. The number of rotatable bonds is 3. The fourth-order valence-corrected chi connectivity index (χ4v) is 3.34. The van der Waals surface area contributed by atoms with Gasteiger partial charge in [-0.15, -0.1) is 0 Å². The average molecular weight is 318 g/mol. The molecule has 2 heterocycles. The number of aromatic nitrogens is 2. The highest BCUT2D eigenvalue weighted by molar-refractivity contribution is 5.78. The van der Waals surface area contributed by atoms with Crippen molar-refractivity contribution in [2.45, 2.75) is 53.9 Å². The molecule has 0 radical (unpaired) electrons. The molecule has 0 unspecified atom stereocenters. The fourth-order valence-electron chi connectivity index (χ4n) is 3.34. The van der Waals surface area contributed by atoms with Crippen LogP contribution in [0.4, 0.5) is 5.82 Å². The Hall–Kier alpha value is -1.65. The number of hydrogen-bond donors (Lipinski definition) is 0. The summed E-state index contributed by atoms with van der Waals surface area (Å²) in [7, 11) is 0. The summed E-state index contributed by atoms with van der Waals surface area (Å²) < 4.78 is 0. The highest BCUT2D eigenvalue weighted by Gasteiger charge is 2.24. The number of carbonyl (C=O) groups excluding carboxylic acids is 1. The van der Waals surface area contributed by atoms with Crippen LogP contribution in [-0.2, 0) is 4.79 Å². The Balaban J connectivity index is 2.25. The minimum absolute atomic E-state index is 0.0660. The van der Waals surface area contributed by atoms with E-state index in [0.29, 0.717) is 5.92 Å². The molecule has 2 rings (SSSR count). The van der Waals surface area contributed by atoms with E-state index in [1.807, 2.05) is 25.7 Å². The highest BCUT2D eigenvalue weighted by Crippen LogP contribution is 2.29. The van der Waals surface area contributed by atoms with Crippen LogP contribution < -0.4 is 4.90 Å².